The minimum atomic E-state index is -0.173. The number of amides is 1. The average Bonchev–Trinajstić information content (AvgIpc) is 2.77. The van der Waals surface area contributed by atoms with E-state index in [1.807, 2.05) is 0 Å². The lowest BCUT2D eigenvalue weighted by Gasteiger charge is -2.15. The van der Waals surface area contributed by atoms with E-state index in [1.54, 1.807) is 19.5 Å². The molecule has 0 spiro atoms. The Hall–Kier alpha value is -1.69. The Kier molecular flexibility index (Phi) is 6.40. The minimum Gasteiger partial charge on any atom is -0.383 e. The molecule has 0 unspecified atom stereocenters. The number of nitrogens with one attached hydrogen (secondary N) is 2. The van der Waals surface area contributed by atoms with Gasteiger partial charge in [-0.05, 0) is 12.8 Å². The van der Waals surface area contributed by atoms with Crippen molar-refractivity contribution in [1.29, 1.82) is 0 Å². The van der Waals surface area contributed by atoms with Crippen LogP contribution in [0.25, 0.3) is 0 Å². The number of carbonyl (C=O) groups excluding carboxylic acids is 1. The van der Waals surface area contributed by atoms with Crippen LogP contribution in [-0.4, -0.2) is 42.2 Å². The van der Waals surface area contributed by atoms with Crippen LogP contribution in [0.5, 0.6) is 0 Å². The van der Waals surface area contributed by atoms with E-state index in [-0.39, 0.29) is 5.91 Å². The van der Waals surface area contributed by atoms with Crippen molar-refractivity contribution in [2.24, 2.45) is 0 Å². The molecule has 2 N–H and O–H groups in total. The lowest BCUT2D eigenvalue weighted by Crippen LogP contribution is -2.27. The van der Waals surface area contributed by atoms with Crippen LogP contribution in [-0.2, 0) is 4.74 Å². The number of anilines is 1. The first-order chi connectivity index (χ1) is 10.3. The van der Waals surface area contributed by atoms with Crippen molar-refractivity contribution >= 4 is 11.9 Å². The second-order valence-corrected chi connectivity index (χ2v) is 5.38. The second-order valence-electron chi connectivity index (χ2n) is 5.38. The monoisotopic (exact) mass is 292 g/mol. The van der Waals surface area contributed by atoms with Gasteiger partial charge in [0.1, 0.15) is 0 Å². The van der Waals surface area contributed by atoms with Crippen LogP contribution in [0.2, 0.25) is 0 Å². The summed E-state index contributed by atoms with van der Waals surface area (Å²) in [6, 6.07) is 0.453. The molecular weight excluding hydrogens is 268 g/mol. The molecule has 0 aromatic carbocycles. The predicted octanol–water partition coefficient (Wildman–Crippen LogP) is 1.99. The van der Waals surface area contributed by atoms with Crippen molar-refractivity contribution in [3.8, 4) is 0 Å². The summed E-state index contributed by atoms with van der Waals surface area (Å²) >= 11 is 0. The molecule has 116 valence electrons. The summed E-state index contributed by atoms with van der Waals surface area (Å²) in [5.41, 5.74) is 0.470. The summed E-state index contributed by atoms with van der Waals surface area (Å²) in [6.45, 7) is 0.978. The van der Waals surface area contributed by atoms with Gasteiger partial charge in [-0.3, -0.25) is 4.79 Å². The van der Waals surface area contributed by atoms with Gasteiger partial charge < -0.3 is 15.4 Å². The summed E-state index contributed by atoms with van der Waals surface area (Å²) < 4.78 is 4.89. The SMILES string of the molecule is COCCNC(=O)c1cnc(NC2CCCCCC2)nc1. The molecule has 1 saturated carbocycles. The molecule has 1 heterocycles. The Morgan fingerprint density at radius 2 is 1.90 bits per heavy atom. The molecule has 1 aromatic rings. The molecule has 0 aliphatic heterocycles. The van der Waals surface area contributed by atoms with Gasteiger partial charge in [0.05, 0.1) is 12.2 Å². The minimum absolute atomic E-state index is 0.173. The Bertz CT molecular complexity index is 428. The number of methoxy groups -OCH3 is 1. The number of aromatic nitrogens is 2. The summed E-state index contributed by atoms with van der Waals surface area (Å²) in [6.07, 6.45) is 10.6. The zero-order valence-electron chi connectivity index (χ0n) is 12.6. The highest BCUT2D eigenvalue weighted by atomic mass is 16.5. The van der Waals surface area contributed by atoms with Crippen molar-refractivity contribution < 1.29 is 9.53 Å². The van der Waals surface area contributed by atoms with E-state index in [9.17, 15) is 4.79 Å². The van der Waals surface area contributed by atoms with E-state index in [0.29, 0.717) is 30.7 Å². The van der Waals surface area contributed by atoms with Gasteiger partial charge in [-0.15, -0.1) is 0 Å². The van der Waals surface area contributed by atoms with Crippen LogP contribution >= 0.6 is 0 Å². The highest BCUT2D eigenvalue weighted by Gasteiger charge is 2.13. The summed E-state index contributed by atoms with van der Waals surface area (Å²) in [5.74, 6) is 0.434. The van der Waals surface area contributed by atoms with Crippen LogP contribution in [0.1, 0.15) is 48.9 Å². The van der Waals surface area contributed by atoms with Gasteiger partial charge in [-0.2, -0.15) is 0 Å². The summed E-state index contributed by atoms with van der Waals surface area (Å²) in [5, 5.41) is 6.11. The fourth-order valence-electron chi connectivity index (χ4n) is 2.49. The molecule has 0 radical (unpaired) electrons. The Labute approximate surface area is 125 Å². The van der Waals surface area contributed by atoms with Crippen molar-refractivity contribution in [2.75, 3.05) is 25.6 Å². The maximum absolute atomic E-state index is 11.8. The van der Waals surface area contributed by atoms with Crippen molar-refractivity contribution in [3.05, 3.63) is 18.0 Å². The number of nitrogens with zero attached hydrogens (tertiary/aromatic N) is 2. The molecule has 21 heavy (non-hydrogen) atoms. The normalized spacial score (nSPS) is 16.2. The zero-order valence-corrected chi connectivity index (χ0v) is 12.6. The van der Waals surface area contributed by atoms with Gasteiger partial charge in [0.15, 0.2) is 0 Å². The lowest BCUT2D eigenvalue weighted by atomic mass is 10.1. The van der Waals surface area contributed by atoms with Crippen LogP contribution in [0.4, 0.5) is 5.95 Å². The number of hydrogen-bond donors (Lipinski definition) is 2. The number of rotatable bonds is 6. The molecule has 6 nitrogen and oxygen atoms in total. The molecule has 2 rings (SSSR count). The fourth-order valence-corrected chi connectivity index (χ4v) is 2.49. The Morgan fingerprint density at radius 3 is 2.52 bits per heavy atom. The molecule has 0 bridgehead atoms. The van der Waals surface area contributed by atoms with E-state index in [1.165, 1.54) is 38.5 Å². The molecule has 0 atom stereocenters. The zero-order chi connectivity index (χ0) is 14.9. The number of ether oxygens (including phenoxy) is 1. The van der Waals surface area contributed by atoms with E-state index < -0.39 is 0 Å². The van der Waals surface area contributed by atoms with Gasteiger partial charge in [-0.1, -0.05) is 25.7 Å². The van der Waals surface area contributed by atoms with E-state index in [0.717, 1.165) is 0 Å². The standard InChI is InChI=1S/C15H24N4O2/c1-21-9-8-16-14(20)12-10-17-15(18-11-12)19-13-6-4-2-3-5-7-13/h10-11,13H,2-9H2,1H3,(H,16,20)(H,17,18,19). The van der Waals surface area contributed by atoms with Gasteiger partial charge in [0, 0.05) is 32.1 Å². The number of hydrogen-bond acceptors (Lipinski definition) is 5. The van der Waals surface area contributed by atoms with Crippen molar-refractivity contribution in [1.82, 2.24) is 15.3 Å². The predicted molar refractivity (Wildman–Crippen MR) is 81.4 cm³/mol. The van der Waals surface area contributed by atoms with Crippen LogP contribution < -0.4 is 10.6 Å². The largest absolute Gasteiger partial charge is 0.383 e. The maximum atomic E-state index is 11.8. The highest BCUT2D eigenvalue weighted by molar-refractivity contribution is 5.93. The highest BCUT2D eigenvalue weighted by Crippen LogP contribution is 2.19. The lowest BCUT2D eigenvalue weighted by molar-refractivity contribution is 0.0936. The molecule has 1 aliphatic rings. The first-order valence-corrected chi connectivity index (χ1v) is 7.65. The maximum Gasteiger partial charge on any atom is 0.254 e. The molecular formula is C15H24N4O2. The van der Waals surface area contributed by atoms with Gasteiger partial charge in [0.25, 0.3) is 5.91 Å². The Morgan fingerprint density at radius 1 is 1.24 bits per heavy atom. The summed E-state index contributed by atoms with van der Waals surface area (Å²) in [7, 11) is 1.60. The van der Waals surface area contributed by atoms with Gasteiger partial charge in [-0.25, -0.2) is 9.97 Å². The molecule has 1 fully saturated rings. The first-order valence-electron chi connectivity index (χ1n) is 7.65. The molecule has 1 amide bonds. The summed E-state index contributed by atoms with van der Waals surface area (Å²) in [4.78, 5) is 20.3. The van der Waals surface area contributed by atoms with Crippen molar-refractivity contribution in [3.63, 3.8) is 0 Å². The second kappa shape index (κ2) is 8.56. The van der Waals surface area contributed by atoms with E-state index in [2.05, 4.69) is 20.6 Å². The molecule has 6 heteroatoms. The van der Waals surface area contributed by atoms with E-state index in [4.69, 9.17) is 4.74 Å². The first kappa shape index (κ1) is 15.7. The average molecular weight is 292 g/mol. The van der Waals surface area contributed by atoms with Crippen LogP contribution in [0.3, 0.4) is 0 Å². The molecule has 0 saturated heterocycles. The molecule has 1 aromatic heterocycles. The Balaban J connectivity index is 1.84. The van der Waals surface area contributed by atoms with Gasteiger partial charge in [0.2, 0.25) is 5.95 Å². The van der Waals surface area contributed by atoms with E-state index >= 15 is 0 Å². The third-order valence-electron chi connectivity index (χ3n) is 3.69. The number of carbonyl (C=O) groups is 1. The molecule has 1 aliphatic carbocycles. The smallest absolute Gasteiger partial charge is 0.254 e. The van der Waals surface area contributed by atoms with Crippen LogP contribution in [0.15, 0.2) is 12.4 Å². The topological polar surface area (TPSA) is 76.1 Å². The van der Waals surface area contributed by atoms with Crippen molar-refractivity contribution in [2.45, 2.75) is 44.6 Å². The van der Waals surface area contributed by atoms with Crippen LogP contribution in [0, 0.1) is 0 Å². The third kappa shape index (κ3) is 5.30. The van der Waals surface area contributed by atoms with Gasteiger partial charge >= 0.3 is 0 Å². The fraction of sp³-hybridized carbons (Fsp3) is 0.667. The quantitative estimate of drug-likeness (QED) is 0.619. The third-order valence-corrected chi connectivity index (χ3v) is 3.69.